The van der Waals surface area contributed by atoms with Gasteiger partial charge in [-0.25, -0.2) is 0 Å². The molecule has 0 unspecified atom stereocenters. The Morgan fingerprint density at radius 1 is 1.26 bits per heavy atom. The molecule has 0 atom stereocenters. The highest BCUT2D eigenvalue weighted by molar-refractivity contribution is 9.11. The number of rotatable bonds is 2. The Morgan fingerprint density at radius 2 is 1.95 bits per heavy atom. The van der Waals surface area contributed by atoms with Gasteiger partial charge in [-0.3, -0.25) is 4.79 Å². The van der Waals surface area contributed by atoms with E-state index in [9.17, 15) is 10.1 Å². The fraction of sp³-hybridized carbons (Fsp3) is 0.429. The fourth-order valence-electron chi connectivity index (χ4n) is 2.38. The predicted octanol–water partition coefficient (Wildman–Crippen LogP) is 4.17. The summed E-state index contributed by atoms with van der Waals surface area (Å²) < 4.78 is 1.63. The first-order valence-electron chi connectivity index (χ1n) is 6.25. The zero-order valence-corrected chi connectivity index (χ0v) is 13.6. The molecule has 1 aromatic carbocycles. The van der Waals surface area contributed by atoms with Gasteiger partial charge in [0.15, 0.2) is 0 Å². The van der Waals surface area contributed by atoms with Crippen molar-refractivity contribution in [1.82, 2.24) is 5.32 Å². The van der Waals surface area contributed by atoms with Crippen molar-refractivity contribution in [1.29, 1.82) is 5.26 Å². The lowest BCUT2D eigenvalue weighted by Gasteiger charge is -2.31. The van der Waals surface area contributed by atoms with Gasteiger partial charge in [-0.2, -0.15) is 5.26 Å². The molecule has 0 spiro atoms. The van der Waals surface area contributed by atoms with Gasteiger partial charge in [-0.1, -0.05) is 35.2 Å². The summed E-state index contributed by atoms with van der Waals surface area (Å²) in [4.78, 5) is 12.3. The van der Waals surface area contributed by atoms with Crippen LogP contribution < -0.4 is 5.32 Å². The first kappa shape index (κ1) is 14.5. The minimum Gasteiger partial charge on any atom is -0.334 e. The third-order valence-corrected chi connectivity index (χ3v) is 4.60. The van der Waals surface area contributed by atoms with E-state index in [4.69, 9.17) is 0 Å². The Bertz CT molecular complexity index is 531. The van der Waals surface area contributed by atoms with Gasteiger partial charge in [0.05, 0.1) is 11.6 Å². The van der Waals surface area contributed by atoms with Crippen LogP contribution in [0.2, 0.25) is 0 Å². The van der Waals surface area contributed by atoms with E-state index in [-0.39, 0.29) is 5.91 Å². The quantitative estimate of drug-likeness (QED) is 0.830. The van der Waals surface area contributed by atoms with Crippen LogP contribution in [0.4, 0.5) is 0 Å². The number of nitriles is 1. The third kappa shape index (κ3) is 3.37. The number of nitrogens with one attached hydrogen (secondary N) is 1. The van der Waals surface area contributed by atoms with E-state index in [2.05, 4.69) is 43.2 Å². The zero-order chi connectivity index (χ0) is 13.9. The molecule has 1 aromatic rings. The first-order valence-corrected chi connectivity index (χ1v) is 7.84. The second kappa shape index (κ2) is 6.06. The van der Waals surface area contributed by atoms with Gasteiger partial charge in [0.25, 0.3) is 5.91 Å². The van der Waals surface area contributed by atoms with Crippen molar-refractivity contribution in [3.05, 3.63) is 32.7 Å². The number of halogens is 2. The van der Waals surface area contributed by atoms with Crippen LogP contribution in [0.1, 0.15) is 42.5 Å². The van der Waals surface area contributed by atoms with Crippen molar-refractivity contribution < 1.29 is 4.79 Å². The molecule has 1 fully saturated rings. The van der Waals surface area contributed by atoms with Crippen molar-refractivity contribution >= 4 is 37.8 Å². The molecule has 19 heavy (non-hydrogen) atoms. The molecule has 0 aromatic heterocycles. The monoisotopic (exact) mass is 384 g/mol. The van der Waals surface area contributed by atoms with E-state index >= 15 is 0 Å². The van der Waals surface area contributed by atoms with E-state index in [1.165, 1.54) is 0 Å². The minimum absolute atomic E-state index is 0.192. The molecular formula is C14H14Br2N2O. The van der Waals surface area contributed by atoms with Crippen molar-refractivity contribution in [3.63, 3.8) is 0 Å². The van der Waals surface area contributed by atoms with Gasteiger partial charge in [0.2, 0.25) is 0 Å². The molecule has 2 rings (SSSR count). The van der Waals surface area contributed by atoms with Crippen molar-refractivity contribution in [2.24, 2.45) is 0 Å². The lowest BCUT2D eigenvalue weighted by molar-refractivity contribution is 0.0902. The fourth-order valence-corrected chi connectivity index (χ4v) is 3.61. The highest BCUT2D eigenvalue weighted by atomic mass is 79.9. The Balaban J connectivity index is 2.18. The van der Waals surface area contributed by atoms with Crippen LogP contribution in [0.25, 0.3) is 0 Å². The summed E-state index contributed by atoms with van der Waals surface area (Å²) in [5.41, 5.74) is -0.134. The average molecular weight is 386 g/mol. The van der Waals surface area contributed by atoms with E-state index in [0.29, 0.717) is 5.56 Å². The maximum absolute atomic E-state index is 12.3. The van der Waals surface area contributed by atoms with E-state index in [1.807, 2.05) is 12.1 Å². The molecule has 0 heterocycles. The summed E-state index contributed by atoms with van der Waals surface area (Å²) in [6.45, 7) is 0. The molecule has 5 heteroatoms. The van der Waals surface area contributed by atoms with Crippen LogP contribution >= 0.6 is 31.9 Å². The van der Waals surface area contributed by atoms with Gasteiger partial charge < -0.3 is 5.32 Å². The number of benzene rings is 1. The molecular weight excluding hydrogens is 372 g/mol. The molecule has 1 amide bonds. The maximum atomic E-state index is 12.3. The molecule has 1 N–H and O–H groups in total. The molecule has 3 nitrogen and oxygen atoms in total. The summed E-state index contributed by atoms with van der Waals surface area (Å²) in [5.74, 6) is -0.192. The van der Waals surface area contributed by atoms with Gasteiger partial charge in [0.1, 0.15) is 5.54 Å². The van der Waals surface area contributed by atoms with Crippen molar-refractivity contribution in [2.45, 2.75) is 37.6 Å². The number of amides is 1. The van der Waals surface area contributed by atoms with Crippen molar-refractivity contribution in [2.75, 3.05) is 0 Å². The SMILES string of the molecule is N#CC1(NC(=O)c2ccc(Br)cc2Br)CCCCC1. The number of hydrogen-bond donors (Lipinski definition) is 1. The number of carbonyl (C=O) groups is 1. The lowest BCUT2D eigenvalue weighted by atomic mass is 9.82. The number of nitrogens with zero attached hydrogens (tertiary/aromatic N) is 1. The van der Waals surface area contributed by atoms with Gasteiger partial charge in [-0.05, 0) is 47.0 Å². The van der Waals surface area contributed by atoms with E-state index in [1.54, 1.807) is 6.07 Å². The number of carbonyl (C=O) groups excluding carboxylic acids is 1. The topological polar surface area (TPSA) is 52.9 Å². The zero-order valence-electron chi connectivity index (χ0n) is 10.4. The van der Waals surface area contributed by atoms with Crippen LogP contribution in [0, 0.1) is 11.3 Å². The van der Waals surface area contributed by atoms with Crippen LogP contribution in [0.3, 0.4) is 0 Å². The summed E-state index contributed by atoms with van der Waals surface area (Å²) in [6, 6.07) is 7.69. The van der Waals surface area contributed by atoms with Gasteiger partial charge in [-0.15, -0.1) is 0 Å². The van der Waals surface area contributed by atoms with Crippen LogP contribution in [-0.2, 0) is 0 Å². The van der Waals surface area contributed by atoms with Gasteiger partial charge in [0, 0.05) is 8.95 Å². The molecule has 0 radical (unpaired) electrons. The molecule has 0 saturated heterocycles. The summed E-state index contributed by atoms with van der Waals surface area (Å²) in [6.07, 6.45) is 4.61. The Kier molecular flexibility index (Phi) is 4.64. The Hall–Kier alpha value is -0.860. The molecule has 1 aliphatic rings. The molecule has 0 aliphatic heterocycles. The third-order valence-electron chi connectivity index (χ3n) is 3.45. The predicted molar refractivity (Wildman–Crippen MR) is 80.7 cm³/mol. The lowest BCUT2D eigenvalue weighted by Crippen LogP contribution is -2.48. The highest BCUT2D eigenvalue weighted by Crippen LogP contribution is 2.29. The minimum atomic E-state index is -0.693. The summed E-state index contributed by atoms with van der Waals surface area (Å²) >= 11 is 6.73. The molecule has 100 valence electrons. The summed E-state index contributed by atoms with van der Waals surface area (Å²) in [5, 5.41) is 12.3. The molecule has 1 saturated carbocycles. The molecule has 1 aliphatic carbocycles. The Labute approximate surface area is 129 Å². The van der Waals surface area contributed by atoms with E-state index in [0.717, 1.165) is 41.0 Å². The van der Waals surface area contributed by atoms with Crippen LogP contribution in [-0.4, -0.2) is 11.4 Å². The van der Waals surface area contributed by atoms with Crippen molar-refractivity contribution in [3.8, 4) is 6.07 Å². The average Bonchev–Trinajstić information content (AvgIpc) is 2.39. The number of hydrogen-bond acceptors (Lipinski definition) is 2. The largest absolute Gasteiger partial charge is 0.334 e. The van der Waals surface area contributed by atoms with E-state index < -0.39 is 5.54 Å². The second-order valence-corrected chi connectivity index (χ2v) is 6.60. The first-order chi connectivity index (χ1) is 9.06. The van der Waals surface area contributed by atoms with Gasteiger partial charge >= 0.3 is 0 Å². The maximum Gasteiger partial charge on any atom is 0.253 e. The summed E-state index contributed by atoms with van der Waals surface area (Å²) in [7, 11) is 0. The highest BCUT2D eigenvalue weighted by Gasteiger charge is 2.34. The smallest absolute Gasteiger partial charge is 0.253 e. The Morgan fingerprint density at radius 3 is 2.53 bits per heavy atom. The van der Waals surface area contributed by atoms with Crippen LogP contribution in [0.5, 0.6) is 0 Å². The molecule has 0 bridgehead atoms. The second-order valence-electron chi connectivity index (χ2n) is 4.83. The standard InChI is InChI=1S/C14H14Br2N2O/c15-10-4-5-11(12(16)8-10)13(19)18-14(9-17)6-2-1-3-7-14/h4-5,8H,1-3,6-7H2,(H,18,19). The van der Waals surface area contributed by atoms with Crippen LogP contribution in [0.15, 0.2) is 27.1 Å². The normalized spacial score (nSPS) is 17.5.